The summed E-state index contributed by atoms with van der Waals surface area (Å²) in [6.07, 6.45) is 3.50. The van der Waals surface area contributed by atoms with Gasteiger partial charge >= 0.3 is 5.97 Å². The monoisotopic (exact) mass is 196 g/mol. The second kappa shape index (κ2) is 4.79. The van der Waals surface area contributed by atoms with Gasteiger partial charge in [0, 0.05) is 18.3 Å². The van der Waals surface area contributed by atoms with E-state index in [1.54, 1.807) is 19.3 Å². The number of aromatic nitrogens is 2. The number of hydrogen-bond acceptors (Lipinski definition) is 3. The molecule has 0 aliphatic carbocycles. The first-order chi connectivity index (χ1) is 6.65. The Balaban J connectivity index is 2.66. The summed E-state index contributed by atoms with van der Waals surface area (Å²) >= 11 is 0. The molecule has 4 heteroatoms. The lowest BCUT2D eigenvalue weighted by molar-refractivity contribution is -0.143. The van der Waals surface area contributed by atoms with Crippen molar-refractivity contribution in [3.63, 3.8) is 0 Å². The fourth-order valence-corrected chi connectivity index (χ4v) is 1.30. The van der Waals surface area contributed by atoms with Crippen LogP contribution in [0.5, 0.6) is 0 Å². The topological polar surface area (TPSA) is 44.1 Å². The van der Waals surface area contributed by atoms with E-state index in [2.05, 4.69) is 4.98 Å². The molecule has 78 valence electrons. The predicted molar refractivity (Wildman–Crippen MR) is 52.9 cm³/mol. The van der Waals surface area contributed by atoms with Crippen molar-refractivity contribution < 1.29 is 9.53 Å². The second-order valence-electron chi connectivity index (χ2n) is 3.37. The van der Waals surface area contributed by atoms with Gasteiger partial charge in [-0.05, 0) is 6.92 Å². The van der Waals surface area contributed by atoms with Crippen molar-refractivity contribution in [3.8, 4) is 0 Å². The molecule has 0 unspecified atom stereocenters. The summed E-state index contributed by atoms with van der Waals surface area (Å²) in [6.45, 7) is 6.56. The third-order valence-electron chi connectivity index (χ3n) is 1.87. The van der Waals surface area contributed by atoms with Gasteiger partial charge in [-0.15, -0.1) is 0 Å². The van der Waals surface area contributed by atoms with Gasteiger partial charge in [0.15, 0.2) is 0 Å². The number of imidazole rings is 1. The van der Waals surface area contributed by atoms with E-state index >= 15 is 0 Å². The molecule has 0 fully saturated rings. The summed E-state index contributed by atoms with van der Waals surface area (Å²) in [5, 5.41) is 0. The molecule has 0 saturated carbocycles. The normalized spacial score (nSPS) is 10.6. The van der Waals surface area contributed by atoms with Gasteiger partial charge in [-0.2, -0.15) is 0 Å². The Morgan fingerprint density at radius 1 is 1.64 bits per heavy atom. The summed E-state index contributed by atoms with van der Waals surface area (Å²) in [5.41, 5.74) is 0. The summed E-state index contributed by atoms with van der Waals surface area (Å²) < 4.78 is 6.68. The Morgan fingerprint density at radius 2 is 2.36 bits per heavy atom. The molecule has 1 aromatic rings. The van der Waals surface area contributed by atoms with Crippen LogP contribution in [0, 0.1) is 0 Å². The molecule has 14 heavy (non-hydrogen) atoms. The zero-order valence-electron chi connectivity index (χ0n) is 8.86. The first-order valence-electron chi connectivity index (χ1n) is 4.81. The lowest BCUT2D eigenvalue weighted by Crippen LogP contribution is -2.15. The summed E-state index contributed by atoms with van der Waals surface area (Å²) in [6, 6.07) is 0. The Bertz CT molecular complexity index is 305. The molecular formula is C10H16N2O2. The highest BCUT2D eigenvalue weighted by molar-refractivity contribution is 5.69. The Labute approximate surface area is 83.9 Å². The van der Waals surface area contributed by atoms with Crippen LogP contribution in [0.3, 0.4) is 0 Å². The van der Waals surface area contributed by atoms with Crippen molar-refractivity contribution >= 4 is 5.97 Å². The van der Waals surface area contributed by atoms with Gasteiger partial charge in [0.1, 0.15) is 12.4 Å². The summed E-state index contributed by atoms with van der Waals surface area (Å²) in [5.74, 6) is 1.02. The third kappa shape index (κ3) is 2.58. The number of esters is 1. The number of hydrogen-bond donors (Lipinski definition) is 0. The molecule has 4 nitrogen and oxygen atoms in total. The maximum atomic E-state index is 11.2. The fraction of sp³-hybridized carbons (Fsp3) is 0.600. The van der Waals surface area contributed by atoms with E-state index in [1.807, 2.05) is 18.4 Å². The minimum absolute atomic E-state index is 0.215. The van der Waals surface area contributed by atoms with Crippen molar-refractivity contribution in [1.82, 2.24) is 9.55 Å². The number of carbonyl (C=O) groups excluding carboxylic acids is 1. The second-order valence-corrected chi connectivity index (χ2v) is 3.37. The molecule has 1 heterocycles. The van der Waals surface area contributed by atoms with Crippen LogP contribution in [0.4, 0.5) is 0 Å². The highest BCUT2D eigenvalue weighted by Gasteiger charge is 2.10. The van der Waals surface area contributed by atoms with Crippen LogP contribution in [-0.2, 0) is 16.1 Å². The van der Waals surface area contributed by atoms with E-state index < -0.39 is 0 Å². The highest BCUT2D eigenvalue weighted by atomic mass is 16.5. The van der Waals surface area contributed by atoms with E-state index in [-0.39, 0.29) is 12.5 Å². The third-order valence-corrected chi connectivity index (χ3v) is 1.87. The van der Waals surface area contributed by atoms with Gasteiger partial charge in [-0.25, -0.2) is 4.98 Å². The standard InChI is InChI=1S/C10H16N2O2/c1-4-14-9(13)7-12-6-5-11-10(12)8(2)3/h5-6,8H,4,7H2,1-3H3. The molecule has 0 aromatic carbocycles. The Morgan fingerprint density at radius 3 is 2.93 bits per heavy atom. The Kier molecular flexibility index (Phi) is 3.68. The van der Waals surface area contributed by atoms with Crippen LogP contribution >= 0.6 is 0 Å². The van der Waals surface area contributed by atoms with Crippen LogP contribution in [0.2, 0.25) is 0 Å². The minimum atomic E-state index is -0.215. The zero-order chi connectivity index (χ0) is 10.6. The van der Waals surface area contributed by atoms with Gasteiger partial charge in [-0.3, -0.25) is 4.79 Å². The molecule has 0 saturated heterocycles. The predicted octanol–water partition coefficient (Wildman–Crippen LogP) is 1.57. The first kappa shape index (κ1) is 10.8. The van der Waals surface area contributed by atoms with Crippen LogP contribution < -0.4 is 0 Å². The largest absolute Gasteiger partial charge is 0.465 e. The highest BCUT2D eigenvalue weighted by Crippen LogP contribution is 2.11. The molecule has 1 rings (SSSR count). The molecule has 0 aliphatic heterocycles. The number of ether oxygens (including phenoxy) is 1. The lowest BCUT2D eigenvalue weighted by Gasteiger charge is -2.09. The van der Waals surface area contributed by atoms with Crippen molar-refractivity contribution in [1.29, 1.82) is 0 Å². The van der Waals surface area contributed by atoms with Crippen LogP contribution in [-0.4, -0.2) is 22.1 Å². The number of rotatable bonds is 4. The molecule has 0 aliphatic rings. The molecule has 1 aromatic heterocycles. The van der Waals surface area contributed by atoms with Gasteiger partial charge in [0.05, 0.1) is 6.61 Å². The molecule has 0 amide bonds. The average Bonchev–Trinajstić information content (AvgIpc) is 2.52. The van der Waals surface area contributed by atoms with Crippen LogP contribution in [0.1, 0.15) is 32.5 Å². The molecule has 0 N–H and O–H groups in total. The van der Waals surface area contributed by atoms with E-state index in [9.17, 15) is 4.79 Å². The summed E-state index contributed by atoms with van der Waals surface area (Å²) in [7, 11) is 0. The molecular weight excluding hydrogens is 180 g/mol. The van der Waals surface area contributed by atoms with Crippen LogP contribution in [0.15, 0.2) is 12.4 Å². The van der Waals surface area contributed by atoms with E-state index in [1.165, 1.54) is 0 Å². The minimum Gasteiger partial charge on any atom is -0.465 e. The lowest BCUT2D eigenvalue weighted by atomic mass is 10.2. The number of carbonyl (C=O) groups is 1. The van der Waals surface area contributed by atoms with Gasteiger partial charge in [-0.1, -0.05) is 13.8 Å². The van der Waals surface area contributed by atoms with Gasteiger partial charge in [0.25, 0.3) is 0 Å². The SMILES string of the molecule is CCOC(=O)Cn1ccnc1C(C)C. The number of nitrogens with zero attached hydrogens (tertiary/aromatic N) is 2. The fourth-order valence-electron chi connectivity index (χ4n) is 1.30. The Hall–Kier alpha value is -1.32. The van der Waals surface area contributed by atoms with E-state index in [0.29, 0.717) is 12.5 Å². The van der Waals surface area contributed by atoms with E-state index in [0.717, 1.165) is 5.82 Å². The van der Waals surface area contributed by atoms with Gasteiger partial charge < -0.3 is 9.30 Å². The van der Waals surface area contributed by atoms with Crippen molar-refractivity contribution in [3.05, 3.63) is 18.2 Å². The van der Waals surface area contributed by atoms with Crippen LogP contribution in [0.25, 0.3) is 0 Å². The zero-order valence-corrected chi connectivity index (χ0v) is 8.86. The van der Waals surface area contributed by atoms with Gasteiger partial charge in [0.2, 0.25) is 0 Å². The summed E-state index contributed by atoms with van der Waals surface area (Å²) in [4.78, 5) is 15.4. The maximum absolute atomic E-state index is 11.2. The van der Waals surface area contributed by atoms with Crippen molar-refractivity contribution in [2.75, 3.05) is 6.61 Å². The molecule has 0 spiro atoms. The molecule has 0 atom stereocenters. The van der Waals surface area contributed by atoms with Crippen molar-refractivity contribution in [2.24, 2.45) is 0 Å². The first-order valence-corrected chi connectivity index (χ1v) is 4.81. The van der Waals surface area contributed by atoms with E-state index in [4.69, 9.17) is 4.74 Å². The smallest absolute Gasteiger partial charge is 0.325 e. The molecule has 0 bridgehead atoms. The maximum Gasteiger partial charge on any atom is 0.325 e. The average molecular weight is 196 g/mol. The van der Waals surface area contributed by atoms with Crippen molar-refractivity contribution in [2.45, 2.75) is 33.2 Å². The quantitative estimate of drug-likeness (QED) is 0.686. The molecule has 0 radical (unpaired) electrons.